The van der Waals surface area contributed by atoms with Gasteiger partial charge in [0, 0.05) is 5.69 Å². The molecule has 0 radical (unpaired) electrons. The summed E-state index contributed by atoms with van der Waals surface area (Å²) < 4.78 is 1.83. The molecule has 0 unspecified atom stereocenters. The van der Waals surface area contributed by atoms with E-state index in [0.717, 1.165) is 18.5 Å². The van der Waals surface area contributed by atoms with Crippen LogP contribution >= 0.6 is 0 Å². The van der Waals surface area contributed by atoms with Gasteiger partial charge in [-0.05, 0) is 25.8 Å². The van der Waals surface area contributed by atoms with E-state index in [9.17, 15) is 9.59 Å². The van der Waals surface area contributed by atoms with E-state index in [2.05, 4.69) is 24.3 Å². The first-order chi connectivity index (χ1) is 8.49. The third-order valence-electron chi connectivity index (χ3n) is 2.84. The number of amides is 1. The number of nitrogens with one attached hydrogen (secondary N) is 1. The number of aryl methyl sites for hydroxylation is 1. The molecule has 1 aromatic heterocycles. The quantitative estimate of drug-likeness (QED) is 0.801. The van der Waals surface area contributed by atoms with Gasteiger partial charge in [0.15, 0.2) is 0 Å². The van der Waals surface area contributed by atoms with Crippen molar-refractivity contribution >= 4 is 11.9 Å². The van der Waals surface area contributed by atoms with Crippen molar-refractivity contribution in [1.82, 2.24) is 15.1 Å². The number of aliphatic carboxylic acids is 1. The monoisotopic (exact) mass is 253 g/mol. The number of hydrogen-bond acceptors (Lipinski definition) is 3. The van der Waals surface area contributed by atoms with Crippen LogP contribution in [0.4, 0.5) is 0 Å². The van der Waals surface area contributed by atoms with E-state index in [4.69, 9.17) is 5.11 Å². The molecule has 2 N–H and O–H groups in total. The molecule has 0 aliphatic heterocycles. The molecule has 0 atom stereocenters. The Balaban J connectivity index is 2.83. The zero-order chi connectivity index (χ0) is 13.7. The molecule has 1 rings (SSSR count). The molecule has 100 valence electrons. The van der Waals surface area contributed by atoms with Crippen molar-refractivity contribution in [1.29, 1.82) is 0 Å². The van der Waals surface area contributed by atoms with E-state index in [1.165, 1.54) is 0 Å². The Kier molecular flexibility index (Phi) is 4.88. The normalized spacial score (nSPS) is 10.7. The summed E-state index contributed by atoms with van der Waals surface area (Å²) in [6.07, 6.45) is 1.88. The smallest absolute Gasteiger partial charge is 0.322 e. The highest BCUT2D eigenvalue weighted by Gasteiger charge is 2.16. The summed E-state index contributed by atoms with van der Waals surface area (Å²) in [4.78, 5) is 22.0. The van der Waals surface area contributed by atoms with Gasteiger partial charge in [0.05, 0.1) is 6.04 Å². The lowest BCUT2D eigenvalue weighted by atomic mass is 10.2. The van der Waals surface area contributed by atoms with E-state index in [1.54, 1.807) is 6.07 Å². The summed E-state index contributed by atoms with van der Waals surface area (Å²) in [5, 5.41) is 15.0. The largest absolute Gasteiger partial charge is 0.480 e. The van der Waals surface area contributed by atoms with Gasteiger partial charge in [-0.15, -0.1) is 0 Å². The lowest BCUT2D eigenvalue weighted by Gasteiger charge is -2.14. The second-order valence-electron chi connectivity index (χ2n) is 4.16. The van der Waals surface area contributed by atoms with Crippen LogP contribution in [0.2, 0.25) is 0 Å². The molecule has 1 amide bonds. The highest BCUT2D eigenvalue weighted by atomic mass is 16.4. The second-order valence-corrected chi connectivity index (χ2v) is 4.16. The van der Waals surface area contributed by atoms with Crippen LogP contribution in [-0.2, 0) is 4.79 Å². The van der Waals surface area contributed by atoms with Crippen LogP contribution in [0.3, 0.4) is 0 Å². The van der Waals surface area contributed by atoms with Gasteiger partial charge in [0.1, 0.15) is 12.2 Å². The van der Waals surface area contributed by atoms with Crippen LogP contribution in [0.5, 0.6) is 0 Å². The highest BCUT2D eigenvalue weighted by molar-refractivity contribution is 5.94. The van der Waals surface area contributed by atoms with Gasteiger partial charge in [-0.2, -0.15) is 5.10 Å². The molecule has 6 heteroatoms. The maximum Gasteiger partial charge on any atom is 0.322 e. The molecule has 0 bridgehead atoms. The minimum atomic E-state index is -1.07. The Hall–Kier alpha value is -1.85. The zero-order valence-electron chi connectivity index (χ0n) is 10.9. The molecule has 0 spiro atoms. The fourth-order valence-electron chi connectivity index (χ4n) is 1.85. The van der Waals surface area contributed by atoms with Crippen molar-refractivity contribution in [2.24, 2.45) is 0 Å². The summed E-state index contributed by atoms with van der Waals surface area (Å²) in [5.41, 5.74) is 1.17. The second kappa shape index (κ2) is 6.18. The topological polar surface area (TPSA) is 84.2 Å². The van der Waals surface area contributed by atoms with Gasteiger partial charge in [-0.1, -0.05) is 13.8 Å². The predicted molar refractivity (Wildman–Crippen MR) is 66.6 cm³/mol. The van der Waals surface area contributed by atoms with Gasteiger partial charge in [0.2, 0.25) is 0 Å². The number of aromatic nitrogens is 2. The average Bonchev–Trinajstić information content (AvgIpc) is 2.70. The zero-order valence-corrected chi connectivity index (χ0v) is 10.9. The molecule has 0 saturated heterocycles. The third-order valence-corrected chi connectivity index (χ3v) is 2.84. The van der Waals surface area contributed by atoms with Crippen molar-refractivity contribution in [3.8, 4) is 0 Å². The summed E-state index contributed by atoms with van der Waals surface area (Å²) >= 11 is 0. The highest BCUT2D eigenvalue weighted by Crippen LogP contribution is 2.17. The maximum absolute atomic E-state index is 11.7. The Bertz CT molecular complexity index is 436. The Morgan fingerprint density at radius 2 is 2.06 bits per heavy atom. The number of nitrogens with zero attached hydrogens (tertiary/aromatic N) is 2. The number of carbonyl (C=O) groups excluding carboxylic acids is 1. The summed E-state index contributed by atoms with van der Waals surface area (Å²) in [7, 11) is 0. The first kappa shape index (κ1) is 14.2. The molecule has 0 saturated carbocycles. The van der Waals surface area contributed by atoms with E-state index < -0.39 is 18.4 Å². The van der Waals surface area contributed by atoms with Gasteiger partial charge in [-0.25, -0.2) is 0 Å². The van der Waals surface area contributed by atoms with Gasteiger partial charge in [-0.3, -0.25) is 14.3 Å². The molecule has 0 fully saturated rings. The minimum Gasteiger partial charge on any atom is -0.480 e. The van der Waals surface area contributed by atoms with Crippen molar-refractivity contribution in [3.63, 3.8) is 0 Å². The van der Waals surface area contributed by atoms with Crippen molar-refractivity contribution in [3.05, 3.63) is 17.5 Å². The molecule has 1 aromatic rings. The van der Waals surface area contributed by atoms with Gasteiger partial charge >= 0.3 is 5.97 Å². The SMILES string of the molecule is CCC(CC)n1nc(C(=O)NCC(=O)O)cc1C. The van der Waals surface area contributed by atoms with Crippen LogP contribution in [0, 0.1) is 6.92 Å². The molecule has 0 aliphatic rings. The molecule has 6 nitrogen and oxygen atoms in total. The molecule has 0 aliphatic carbocycles. The van der Waals surface area contributed by atoms with Gasteiger partial charge in [0.25, 0.3) is 5.91 Å². The Labute approximate surface area is 106 Å². The predicted octanol–water partition coefficient (Wildman–Crippen LogP) is 1.37. The number of carboxylic acid groups (broad SMARTS) is 1. The minimum absolute atomic E-state index is 0.264. The van der Waals surface area contributed by atoms with Crippen LogP contribution in [-0.4, -0.2) is 33.3 Å². The Morgan fingerprint density at radius 3 is 2.56 bits per heavy atom. The maximum atomic E-state index is 11.7. The van der Waals surface area contributed by atoms with Crippen molar-refractivity contribution in [2.45, 2.75) is 39.7 Å². The van der Waals surface area contributed by atoms with Crippen LogP contribution in [0.15, 0.2) is 6.07 Å². The first-order valence-electron chi connectivity index (χ1n) is 6.05. The van der Waals surface area contributed by atoms with Crippen LogP contribution in [0.25, 0.3) is 0 Å². The number of carbonyl (C=O) groups is 2. The number of hydrogen-bond donors (Lipinski definition) is 2. The lowest BCUT2D eigenvalue weighted by Crippen LogP contribution is -2.29. The number of rotatable bonds is 6. The lowest BCUT2D eigenvalue weighted by molar-refractivity contribution is -0.135. The van der Waals surface area contributed by atoms with Crippen molar-refractivity contribution in [2.75, 3.05) is 6.54 Å². The summed E-state index contributed by atoms with van der Waals surface area (Å²) in [5.74, 6) is -1.52. The fraction of sp³-hybridized carbons (Fsp3) is 0.583. The van der Waals surface area contributed by atoms with E-state index in [-0.39, 0.29) is 11.7 Å². The standard InChI is InChI=1S/C12H19N3O3/c1-4-9(5-2)15-8(3)6-10(14-15)12(18)13-7-11(16)17/h6,9H,4-5,7H2,1-3H3,(H,13,18)(H,16,17). The molecule has 0 aromatic carbocycles. The van der Waals surface area contributed by atoms with Gasteiger partial charge < -0.3 is 10.4 Å². The average molecular weight is 253 g/mol. The molecule has 1 heterocycles. The van der Waals surface area contributed by atoms with Crippen LogP contribution < -0.4 is 5.32 Å². The van der Waals surface area contributed by atoms with E-state index >= 15 is 0 Å². The first-order valence-corrected chi connectivity index (χ1v) is 6.05. The summed E-state index contributed by atoms with van der Waals surface area (Å²) in [6, 6.07) is 1.95. The summed E-state index contributed by atoms with van der Waals surface area (Å²) in [6.45, 7) is 5.63. The molecular weight excluding hydrogens is 234 g/mol. The van der Waals surface area contributed by atoms with Crippen molar-refractivity contribution < 1.29 is 14.7 Å². The Morgan fingerprint density at radius 1 is 1.44 bits per heavy atom. The van der Waals surface area contributed by atoms with E-state index in [1.807, 2.05) is 11.6 Å². The molecule has 18 heavy (non-hydrogen) atoms. The number of carboxylic acids is 1. The fourth-order valence-corrected chi connectivity index (χ4v) is 1.85. The molecular formula is C12H19N3O3. The van der Waals surface area contributed by atoms with E-state index in [0.29, 0.717) is 0 Å². The van der Waals surface area contributed by atoms with Crippen LogP contribution in [0.1, 0.15) is 48.9 Å². The third kappa shape index (κ3) is 3.32.